The average molecular weight is 172 g/mol. The predicted molar refractivity (Wildman–Crippen MR) is 42.7 cm³/mol. The molecule has 4 nitrogen and oxygen atoms in total. The molecule has 0 saturated carbocycles. The largest absolute Gasteiger partial charge is 0.481 e. The molecule has 0 bridgehead atoms. The van der Waals surface area contributed by atoms with E-state index >= 15 is 0 Å². The fourth-order valence-electron chi connectivity index (χ4n) is 0.860. The standard InChI is InChI=1S/C8H12O4/c1-4-8(2,3)5(6(9)10)7(11)12/h4-5H,1H2,2-3H3,(H,9,10)(H,11,12). The monoisotopic (exact) mass is 172 g/mol. The Kier molecular flexibility index (Phi) is 3.01. The summed E-state index contributed by atoms with van der Waals surface area (Å²) in [5.74, 6) is -4.12. The van der Waals surface area contributed by atoms with Crippen LogP contribution in [0.3, 0.4) is 0 Å². The van der Waals surface area contributed by atoms with E-state index in [4.69, 9.17) is 10.2 Å². The zero-order chi connectivity index (χ0) is 9.94. The van der Waals surface area contributed by atoms with Gasteiger partial charge in [-0.15, -0.1) is 6.58 Å². The Labute approximate surface area is 70.5 Å². The first kappa shape index (κ1) is 10.7. The second kappa shape index (κ2) is 3.38. The van der Waals surface area contributed by atoms with E-state index in [-0.39, 0.29) is 0 Å². The van der Waals surface area contributed by atoms with Crippen molar-refractivity contribution in [2.45, 2.75) is 13.8 Å². The lowest BCUT2D eigenvalue weighted by Gasteiger charge is -2.23. The van der Waals surface area contributed by atoms with Crippen LogP contribution in [0.5, 0.6) is 0 Å². The maximum absolute atomic E-state index is 10.5. The van der Waals surface area contributed by atoms with E-state index in [1.54, 1.807) is 0 Å². The quantitative estimate of drug-likeness (QED) is 0.489. The molecule has 68 valence electrons. The fourth-order valence-corrected chi connectivity index (χ4v) is 0.860. The highest BCUT2D eigenvalue weighted by molar-refractivity contribution is 5.94. The second-order valence-electron chi connectivity index (χ2n) is 3.13. The predicted octanol–water partition coefficient (Wildman–Crippen LogP) is 0.984. The Morgan fingerprint density at radius 2 is 1.67 bits per heavy atom. The zero-order valence-electron chi connectivity index (χ0n) is 7.07. The smallest absolute Gasteiger partial charge is 0.318 e. The Balaban J connectivity index is 4.86. The van der Waals surface area contributed by atoms with Gasteiger partial charge in [0, 0.05) is 5.41 Å². The summed E-state index contributed by atoms with van der Waals surface area (Å²) in [5, 5.41) is 17.2. The third-order valence-electron chi connectivity index (χ3n) is 1.76. The highest BCUT2D eigenvalue weighted by Crippen LogP contribution is 2.28. The summed E-state index contributed by atoms with van der Waals surface area (Å²) in [6, 6.07) is 0. The lowest BCUT2D eigenvalue weighted by molar-refractivity contribution is -0.158. The second-order valence-corrected chi connectivity index (χ2v) is 3.13. The lowest BCUT2D eigenvalue weighted by Crippen LogP contribution is -2.35. The summed E-state index contributed by atoms with van der Waals surface area (Å²) >= 11 is 0. The molecule has 0 aliphatic rings. The molecule has 0 rings (SSSR count). The summed E-state index contributed by atoms with van der Waals surface area (Å²) < 4.78 is 0. The molecular formula is C8H12O4. The van der Waals surface area contributed by atoms with Gasteiger partial charge in [0.2, 0.25) is 0 Å². The molecule has 0 aliphatic carbocycles. The van der Waals surface area contributed by atoms with Crippen LogP contribution in [-0.2, 0) is 9.59 Å². The minimum Gasteiger partial charge on any atom is -0.481 e. The summed E-state index contributed by atoms with van der Waals surface area (Å²) in [6.45, 7) is 6.43. The first-order chi connectivity index (χ1) is 5.33. The Hall–Kier alpha value is -1.32. The van der Waals surface area contributed by atoms with Gasteiger partial charge in [0.15, 0.2) is 5.92 Å². The van der Waals surface area contributed by atoms with Gasteiger partial charge in [-0.1, -0.05) is 19.9 Å². The van der Waals surface area contributed by atoms with Crippen molar-refractivity contribution in [2.24, 2.45) is 11.3 Å². The van der Waals surface area contributed by atoms with Crippen LogP contribution in [0, 0.1) is 11.3 Å². The SMILES string of the molecule is C=CC(C)(C)C(C(=O)O)C(=O)O. The molecule has 4 heteroatoms. The molecule has 0 unspecified atom stereocenters. The number of hydrogen-bond donors (Lipinski definition) is 2. The van der Waals surface area contributed by atoms with Crippen LogP contribution in [0.25, 0.3) is 0 Å². The topological polar surface area (TPSA) is 74.6 Å². The lowest BCUT2D eigenvalue weighted by atomic mass is 9.79. The maximum atomic E-state index is 10.5. The van der Waals surface area contributed by atoms with Crippen molar-refractivity contribution in [1.29, 1.82) is 0 Å². The fraction of sp³-hybridized carbons (Fsp3) is 0.500. The van der Waals surface area contributed by atoms with E-state index in [1.165, 1.54) is 19.9 Å². The normalized spacial score (nSPS) is 11.2. The van der Waals surface area contributed by atoms with E-state index in [1.807, 2.05) is 0 Å². The third-order valence-corrected chi connectivity index (χ3v) is 1.76. The van der Waals surface area contributed by atoms with Crippen molar-refractivity contribution in [3.05, 3.63) is 12.7 Å². The molecule has 0 atom stereocenters. The molecule has 12 heavy (non-hydrogen) atoms. The van der Waals surface area contributed by atoms with Crippen molar-refractivity contribution < 1.29 is 19.8 Å². The molecule has 0 amide bonds. The Morgan fingerprint density at radius 1 is 1.33 bits per heavy atom. The molecular weight excluding hydrogens is 160 g/mol. The van der Waals surface area contributed by atoms with E-state index in [9.17, 15) is 9.59 Å². The van der Waals surface area contributed by atoms with Crippen LogP contribution in [-0.4, -0.2) is 22.2 Å². The summed E-state index contributed by atoms with van der Waals surface area (Å²) in [4.78, 5) is 21.0. The van der Waals surface area contributed by atoms with Gasteiger partial charge < -0.3 is 10.2 Å². The number of rotatable bonds is 4. The first-order valence-corrected chi connectivity index (χ1v) is 3.42. The van der Waals surface area contributed by atoms with Gasteiger partial charge in [-0.3, -0.25) is 9.59 Å². The van der Waals surface area contributed by atoms with Crippen LogP contribution < -0.4 is 0 Å². The van der Waals surface area contributed by atoms with Crippen molar-refractivity contribution in [2.75, 3.05) is 0 Å². The van der Waals surface area contributed by atoms with E-state index in [0.29, 0.717) is 0 Å². The number of aliphatic carboxylic acids is 2. The molecule has 0 radical (unpaired) electrons. The van der Waals surface area contributed by atoms with Crippen molar-refractivity contribution in [3.8, 4) is 0 Å². The summed E-state index contributed by atoms with van der Waals surface area (Å²) in [5.41, 5.74) is -0.933. The average Bonchev–Trinajstić information content (AvgIpc) is 1.84. The van der Waals surface area contributed by atoms with Crippen LogP contribution in [0.4, 0.5) is 0 Å². The number of carboxylic acids is 2. The first-order valence-electron chi connectivity index (χ1n) is 3.42. The van der Waals surface area contributed by atoms with Gasteiger partial charge in [0.25, 0.3) is 0 Å². The van der Waals surface area contributed by atoms with Crippen LogP contribution in [0.1, 0.15) is 13.8 Å². The van der Waals surface area contributed by atoms with Crippen molar-refractivity contribution in [3.63, 3.8) is 0 Å². The van der Waals surface area contributed by atoms with Gasteiger partial charge in [0.1, 0.15) is 0 Å². The van der Waals surface area contributed by atoms with Crippen molar-refractivity contribution >= 4 is 11.9 Å². The molecule has 0 heterocycles. The number of hydrogen-bond acceptors (Lipinski definition) is 2. The molecule has 0 aromatic rings. The summed E-state index contributed by atoms with van der Waals surface area (Å²) in [7, 11) is 0. The minimum atomic E-state index is -1.44. The van der Waals surface area contributed by atoms with Gasteiger partial charge in [-0.05, 0) is 0 Å². The Morgan fingerprint density at radius 3 is 1.75 bits per heavy atom. The Bertz CT molecular complexity index is 203. The molecule has 0 saturated heterocycles. The third kappa shape index (κ3) is 2.08. The summed E-state index contributed by atoms with van der Waals surface area (Å²) in [6.07, 6.45) is 1.33. The van der Waals surface area contributed by atoms with Crippen LogP contribution in [0.15, 0.2) is 12.7 Å². The molecule has 0 aromatic heterocycles. The van der Waals surface area contributed by atoms with Gasteiger partial charge in [-0.2, -0.15) is 0 Å². The van der Waals surface area contributed by atoms with Crippen LogP contribution >= 0.6 is 0 Å². The van der Waals surface area contributed by atoms with E-state index < -0.39 is 23.3 Å². The van der Waals surface area contributed by atoms with E-state index in [2.05, 4.69) is 6.58 Å². The van der Waals surface area contributed by atoms with Gasteiger partial charge in [-0.25, -0.2) is 0 Å². The molecule has 0 fully saturated rings. The number of carbonyl (C=O) groups is 2. The highest BCUT2D eigenvalue weighted by atomic mass is 16.4. The molecule has 0 spiro atoms. The number of carboxylic acid groups (broad SMARTS) is 2. The highest BCUT2D eigenvalue weighted by Gasteiger charge is 2.38. The maximum Gasteiger partial charge on any atom is 0.318 e. The minimum absolute atomic E-state index is 0.933. The number of allylic oxidation sites excluding steroid dienone is 1. The van der Waals surface area contributed by atoms with Crippen molar-refractivity contribution in [1.82, 2.24) is 0 Å². The molecule has 2 N–H and O–H groups in total. The molecule has 0 aliphatic heterocycles. The van der Waals surface area contributed by atoms with Gasteiger partial charge >= 0.3 is 11.9 Å². The molecule has 0 aromatic carbocycles. The van der Waals surface area contributed by atoms with Gasteiger partial charge in [0.05, 0.1) is 0 Å². The zero-order valence-corrected chi connectivity index (χ0v) is 7.07. The van der Waals surface area contributed by atoms with Crippen LogP contribution in [0.2, 0.25) is 0 Å². The van der Waals surface area contributed by atoms with E-state index in [0.717, 1.165) is 0 Å².